The van der Waals surface area contributed by atoms with Crippen molar-refractivity contribution in [2.24, 2.45) is 5.92 Å². The van der Waals surface area contributed by atoms with E-state index in [9.17, 15) is 0 Å². The van der Waals surface area contributed by atoms with Crippen molar-refractivity contribution >= 4 is 19.2 Å². The lowest BCUT2D eigenvalue weighted by Crippen LogP contribution is -1.86. The molecular formula is C6H14PS+. The lowest BCUT2D eigenvalue weighted by molar-refractivity contribution is 0.579. The number of hydrogen-bond acceptors (Lipinski definition) is 1. The fourth-order valence-corrected chi connectivity index (χ4v) is 1.36. The number of hydrogen-bond donors (Lipinski definition) is 0. The number of rotatable bonds is 4. The predicted octanol–water partition coefficient (Wildman–Crippen LogP) is 2.56. The van der Waals surface area contributed by atoms with Crippen LogP contribution in [-0.4, -0.2) is 6.16 Å². The highest BCUT2D eigenvalue weighted by molar-refractivity contribution is 7.96. The molecule has 8 heavy (non-hydrogen) atoms. The van der Waals surface area contributed by atoms with Crippen LogP contribution in [0.15, 0.2) is 0 Å². The molecule has 0 aliphatic heterocycles. The van der Waals surface area contributed by atoms with Gasteiger partial charge in [0.15, 0.2) is 19.2 Å². The van der Waals surface area contributed by atoms with Crippen LogP contribution in [0, 0.1) is 5.92 Å². The summed E-state index contributed by atoms with van der Waals surface area (Å²) >= 11 is 4.83. The van der Waals surface area contributed by atoms with Gasteiger partial charge in [-0.25, -0.2) is 0 Å². The molecular weight excluding hydrogens is 135 g/mol. The van der Waals surface area contributed by atoms with Crippen molar-refractivity contribution in [1.82, 2.24) is 0 Å². The lowest BCUT2D eigenvalue weighted by Gasteiger charge is -1.96. The van der Waals surface area contributed by atoms with E-state index in [0.29, 0.717) is 0 Å². The van der Waals surface area contributed by atoms with E-state index in [-0.39, 0.29) is 0 Å². The van der Waals surface area contributed by atoms with Crippen molar-refractivity contribution in [3.63, 3.8) is 0 Å². The van der Waals surface area contributed by atoms with Gasteiger partial charge in [0.2, 0.25) is 0 Å². The lowest BCUT2D eigenvalue weighted by atomic mass is 10.1. The van der Waals surface area contributed by atoms with Gasteiger partial charge in [-0.05, 0) is 18.8 Å². The molecule has 0 saturated carbocycles. The molecule has 0 nitrogen and oxygen atoms in total. The Bertz CT molecular complexity index is 61.5. The Morgan fingerprint density at radius 2 is 2.12 bits per heavy atom. The van der Waals surface area contributed by atoms with Crippen LogP contribution in [0.2, 0.25) is 0 Å². The van der Waals surface area contributed by atoms with Crippen LogP contribution < -0.4 is 0 Å². The minimum Gasteiger partial charge on any atom is -0.0628 e. The fourth-order valence-electron chi connectivity index (χ4n) is 0.582. The highest BCUT2D eigenvalue weighted by atomic mass is 32.4. The van der Waals surface area contributed by atoms with E-state index < -0.39 is 0 Å². The van der Waals surface area contributed by atoms with E-state index >= 15 is 0 Å². The van der Waals surface area contributed by atoms with Crippen LogP contribution in [0.25, 0.3) is 0 Å². The maximum absolute atomic E-state index is 4.83. The van der Waals surface area contributed by atoms with Gasteiger partial charge in [-0.2, -0.15) is 0 Å². The first-order valence-corrected chi connectivity index (χ1v) is 5.46. The third-order valence-corrected chi connectivity index (χ3v) is 2.23. The molecule has 1 unspecified atom stereocenters. The van der Waals surface area contributed by atoms with Gasteiger partial charge < -0.3 is 0 Å². The zero-order chi connectivity index (χ0) is 6.41. The van der Waals surface area contributed by atoms with E-state index in [0.717, 1.165) is 13.3 Å². The highest BCUT2D eigenvalue weighted by Crippen LogP contribution is 2.06. The largest absolute Gasteiger partial charge is 0.160 e. The van der Waals surface area contributed by atoms with E-state index in [1.165, 1.54) is 19.0 Å². The first-order chi connectivity index (χ1) is 3.77. The van der Waals surface area contributed by atoms with Crippen molar-refractivity contribution in [3.05, 3.63) is 0 Å². The summed E-state index contributed by atoms with van der Waals surface area (Å²) in [4.78, 5) is 0. The summed E-state index contributed by atoms with van der Waals surface area (Å²) in [6.45, 7) is 4.51. The topological polar surface area (TPSA) is 0 Å². The molecule has 0 saturated heterocycles. The molecule has 0 aliphatic rings. The molecule has 1 atom stereocenters. The van der Waals surface area contributed by atoms with Crippen molar-refractivity contribution in [2.45, 2.75) is 26.7 Å². The predicted molar refractivity (Wildman–Crippen MR) is 44.6 cm³/mol. The first-order valence-electron chi connectivity index (χ1n) is 3.12. The standard InChI is InChI=1S/C6H13PS/c1-6(2)4-3-5-7-8/h6H,3-5H2,1-2H3/p+1. The smallest absolute Gasteiger partial charge is 0.0628 e. The maximum Gasteiger partial charge on any atom is 0.160 e. The van der Waals surface area contributed by atoms with Crippen LogP contribution in [0.5, 0.6) is 0 Å². The zero-order valence-electron chi connectivity index (χ0n) is 5.61. The molecule has 0 rings (SSSR count). The molecule has 0 fully saturated rings. The molecule has 48 valence electrons. The molecule has 0 aromatic rings. The Morgan fingerprint density at radius 3 is 2.50 bits per heavy atom. The van der Waals surface area contributed by atoms with E-state index in [2.05, 4.69) is 13.8 Å². The van der Waals surface area contributed by atoms with Crippen molar-refractivity contribution < 1.29 is 0 Å². The summed E-state index contributed by atoms with van der Waals surface area (Å²) < 4.78 is 0. The van der Waals surface area contributed by atoms with Gasteiger partial charge >= 0.3 is 0 Å². The van der Waals surface area contributed by atoms with Gasteiger partial charge in [0.1, 0.15) is 6.16 Å². The second-order valence-corrected chi connectivity index (χ2v) is 4.09. The van der Waals surface area contributed by atoms with Crippen LogP contribution in [0.4, 0.5) is 0 Å². The summed E-state index contributed by atoms with van der Waals surface area (Å²) in [6, 6.07) is 0. The van der Waals surface area contributed by atoms with Gasteiger partial charge in [0, 0.05) is 0 Å². The Balaban J connectivity index is 2.81. The molecule has 0 bridgehead atoms. The van der Waals surface area contributed by atoms with Crippen molar-refractivity contribution in [1.29, 1.82) is 0 Å². The quantitative estimate of drug-likeness (QED) is 0.437. The van der Waals surface area contributed by atoms with Crippen LogP contribution in [0.1, 0.15) is 26.7 Å². The third-order valence-electron chi connectivity index (χ3n) is 1.06. The van der Waals surface area contributed by atoms with Crippen LogP contribution in [-0.2, 0) is 11.8 Å². The highest BCUT2D eigenvalue weighted by Gasteiger charge is 1.93. The Hall–Kier alpha value is 0.520. The van der Waals surface area contributed by atoms with Crippen molar-refractivity contribution in [2.75, 3.05) is 6.16 Å². The summed E-state index contributed by atoms with van der Waals surface area (Å²) in [5.41, 5.74) is 0. The van der Waals surface area contributed by atoms with Crippen LogP contribution >= 0.6 is 7.36 Å². The molecule has 2 heteroatoms. The maximum atomic E-state index is 4.83. The third kappa shape index (κ3) is 6.52. The monoisotopic (exact) mass is 149 g/mol. The summed E-state index contributed by atoms with van der Waals surface area (Å²) in [5, 5.41) is 0. The molecule has 0 aromatic heterocycles. The minimum absolute atomic E-state index is 0.741. The first kappa shape index (κ1) is 8.52. The Morgan fingerprint density at radius 1 is 1.50 bits per heavy atom. The minimum atomic E-state index is 0.741. The Labute approximate surface area is 58.5 Å². The van der Waals surface area contributed by atoms with Gasteiger partial charge in [-0.15, -0.1) is 0 Å². The van der Waals surface area contributed by atoms with Gasteiger partial charge in [-0.1, -0.05) is 13.8 Å². The fraction of sp³-hybridized carbons (Fsp3) is 1.00. The van der Waals surface area contributed by atoms with Gasteiger partial charge in [-0.3, -0.25) is 0 Å². The summed E-state index contributed by atoms with van der Waals surface area (Å²) in [6.07, 6.45) is 3.94. The molecule has 0 heterocycles. The van der Waals surface area contributed by atoms with E-state index in [4.69, 9.17) is 11.8 Å². The molecule has 0 spiro atoms. The molecule has 0 amide bonds. The van der Waals surface area contributed by atoms with Gasteiger partial charge in [0.25, 0.3) is 0 Å². The normalized spacial score (nSPS) is 10.9. The van der Waals surface area contributed by atoms with Crippen molar-refractivity contribution in [3.8, 4) is 0 Å². The zero-order valence-corrected chi connectivity index (χ0v) is 7.42. The van der Waals surface area contributed by atoms with E-state index in [1.54, 1.807) is 0 Å². The average Bonchev–Trinajstić information content (AvgIpc) is 1.66. The van der Waals surface area contributed by atoms with Gasteiger partial charge in [0.05, 0.1) is 0 Å². The molecule has 0 N–H and O–H groups in total. The average molecular weight is 149 g/mol. The second-order valence-electron chi connectivity index (χ2n) is 2.43. The Kier molecular flexibility index (Phi) is 6.02. The van der Waals surface area contributed by atoms with Crippen LogP contribution in [0.3, 0.4) is 0 Å². The SMILES string of the molecule is CC(C)CCC[PH+]=S. The van der Waals surface area contributed by atoms with E-state index in [1.807, 2.05) is 0 Å². The second kappa shape index (κ2) is 5.65. The summed E-state index contributed by atoms with van der Waals surface area (Å²) in [7, 11) is 0.741. The summed E-state index contributed by atoms with van der Waals surface area (Å²) in [5.74, 6) is 0.862. The molecule has 0 radical (unpaired) electrons. The molecule has 0 aromatic carbocycles. The molecule has 0 aliphatic carbocycles.